The molecule has 0 aliphatic heterocycles. The largest absolute Gasteiger partial charge is 0.458 e. The molecule has 2 aromatic rings. The highest BCUT2D eigenvalue weighted by Gasteiger charge is 2.34. The lowest BCUT2D eigenvalue weighted by Crippen LogP contribution is -2.36. The van der Waals surface area contributed by atoms with E-state index >= 15 is 0 Å². The average Bonchev–Trinajstić information content (AvgIpc) is 2.79. The van der Waals surface area contributed by atoms with Gasteiger partial charge in [0.1, 0.15) is 6.10 Å². The van der Waals surface area contributed by atoms with Crippen molar-refractivity contribution in [3.8, 4) is 0 Å². The van der Waals surface area contributed by atoms with E-state index in [1.165, 1.54) is 18.2 Å². The second-order valence-corrected chi connectivity index (χ2v) is 9.91. The Balaban J connectivity index is 1.65. The molecular weight excluding hydrogens is 477 g/mol. The molecule has 8 heteroatoms. The molecule has 0 radical (unpaired) electrons. The summed E-state index contributed by atoms with van der Waals surface area (Å²) in [4.78, 5) is 38.0. The fourth-order valence-corrected chi connectivity index (χ4v) is 4.62. The number of ether oxygens (including phenoxy) is 2. The van der Waals surface area contributed by atoms with Crippen molar-refractivity contribution in [2.75, 3.05) is 11.9 Å². The van der Waals surface area contributed by atoms with E-state index in [0.29, 0.717) is 27.6 Å². The third kappa shape index (κ3) is 6.73. The Labute approximate surface area is 209 Å². The number of anilines is 1. The van der Waals surface area contributed by atoms with Crippen LogP contribution < -0.4 is 5.32 Å². The highest BCUT2D eigenvalue weighted by molar-refractivity contribution is 6.35. The van der Waals surface area contributed by atoms with Crippen LogP contribution in [0.3, 0.4) is 0 Å². The minimum atomic E-state index is -0.794. The third-order valence-electron chi connectivity index (χ3n) is 6.12. The van der Waals surface area contributed by atoms with E-state index in [1.54, 1.807) is 24.3 Å². The van der Waals surface area contributed by atoms with E-state index in [0.717, 1.165) is 19.3 Å². The third-order valence-corrected chi connectivity index (χ3v) is 6.69. The maximum absolute atomic E-state index is 13.0. The second kappa shape index (κ2) is 11.7. The van der Waals surface area contributed by atoms with E-state index in [4.69, 9.17) is 32.7 Å². The van der Waals surface area contributed by atoms with Crippen LogP contribution in [0.2, 0.25) is 10.0 Å². The molecule has 0 aromatic heterocycles. The number of esters is 2. The normalized spacial score (nSPS) is 20.0. The van der Waals surface area contributed by atoms with Crippen molar-refractivity contribution in [2.45, 2.75) is 46.1 Å². The smallest absolute Gasteiger partial charge is 0.339 e. The van der Waals surface area contributed by atoms with Crippen molar-refractivity contribution >= 4 is 46.7 Å². The Kier molecular flexibility index (Phi) is 8.97. The van der Waals surface area contributed by atoms with Gasteiger partial charge in [0, 0.05) is 5.02 Å². The molecule has 3 atom stereocenters. The van der Waals surface area contributed by atoms with Gasteiger partial charge >= 0.3 is 11.9 Å². The summed E-state index contributed by atoms with van der Waals surface area (Å²) in [5, 5.41) is 3.24. The highest BCUT2D eigenvalue weighted by Crippen LogP contribution is 2.36. The minimum absolute atomic E-state index is 0.0473. The van der Waals surface area contributed by atoms with Gasteiger partial charge in [0.05, 0.1) is 21.8 Å². The van der Waals surface area contributed by atoms with Gasteiger partial charge in [0.25, 0.3) is 5.91 Å². The summed E-state index contributed by atoms with van der Waals surface area (Å²) in [6.07, 6.45) is 2.72. The molecule has 0 unspecified atom stereocenters. The number of hydrogen-bond donors (Lipinski definition) is 1. The molecule has 182 valence electrons. The van der Waals surface area contributed by atoms with Crippen LogP contribution in [-0.4, -0.2) is 30.6 Å². The van der Waals surface area contributed by atoms with Crippen molar-refractivity contribution < 1.29 is 23.9 Å². The van der Waals surface area contributed by atoms with Crippen LogP contribution in [0.1, 0.15) is 60.7 Å². The lowest BCUT2D eigenvalue weighted by Gasteiger charge is -2.36. The Bertz CT molecular complexity index is 1060. The predicted octanol–water partition coefficient (Wildman–Crippen LogP) is 6.41. The number of nitrogens with one attached hydrogen (secondary N) is 1. The summed E-state index contributed by atoms with van der Waals surface area (Å²) in [5.41, 5.74) is 0.471. The van der Waals surface area contributed by atoms with Crippen molar-refractivity contribution in [1.29, 1.82) is 0 Å². The molecule has 1 fully saturated rings. The minimum Gasteiger partial charge on any atom is -0.458 e. The zero-order valence-electron chi connectivity index (χ0n) is 19.5. The quantitative estimate of drug-likeness (QED) is 0.439. The number of hydrogen-bond acceptors (Lipinski definition) is 5. The summed E-state index contributed by atoms with van der Waals surface area (Å²) in [6.45, 7) is 5.87. The number of carbonyl (C=O) groups is 3. The maximum atomic E-state index is 13.0. The van der Waals surface area contributed by atoms with Crippen LogP contribution in [0.25, 0.3) is 0 Å². The zero-order valence-corrected chi connectivity index (χ0v) is 21.0. The Hall–Kier alpha value is -2.57. The molecule has 3 rings (SSSR count). The Morgan fingerprint density at radius 3 is 2.38 bits per heavy atom. The zero-order chi connectivity index (χ0) is 24.8. The van der Waals surface area contributed by atoms with Gasteiger partial charge in [-0.25, -0.2) is 9.59 Å². The van der Waals surface area contributed by atoms with Crippen molar-refractivity contribution in [3.05, 3.63) is 63.6 Å². The Morgan fingerprint density at radius 2 is 1.71 bits per heavy atom. The van der Waals surface area contributed by atoms with Crippen LogP contribution in [0, 0.1) is 17.8 Å². The van der Waals surface area contributed by atoms with Crippen LogP contribution in [0.5, 0.6) is 0 Å². The summed E-state index contributed by atoms with van der Waals surface area (Å²) >= 11 is 12.0. The number of rotatable bonds is 7. The molecular formula is C26H29Cl2NO5. The first-order valence-electron chi connectivity index (χ1n) is 11.4. The molecule has 6 nitrogen and oxygen atoms in total. The maximum Gasteiger partial charge on any atom is 0.339 e. The molecule has 1 N–H and O–H groups in total. The molecule has 0 heterocycles. The summed E-state index contributed by atoms with van der Waals surface area (Å²) in [6, 6.07) is 10.9. The van der Waals surface area contributed by atoms with Gasteiger partial charge in [0.15, 0.2) is 6.61 Å². The van der Waals surface area contributed by atoms with Gasteiger partial charge in [-0.2, -0.15) is 0 Å². The fraction of sp³-hybridized carbons (Fsp3) is 0.423. The molecule has 1 saturated carbocycles. The van der Waals surface area contributed by atoms with Gasteiger partial charge in [-0.3, -0.25) is 4.79 Å². The van der Waals surface area contributed by atoms with E-state index in [9.17, 15) is 14.4 Å². The number of benzene rings is 2. The van der Waals surface area contributed by atoms with Gasteiger partial charge in [-0.05, 0) is 60.9 Å². The molecule has 34 heavy (non-hydrogen) atoms. The van der Waals surface area contributed by atoms with Gasteiger partial charge in [0.2, 0.25) is 0 Å². The molecule has 0 spiro atoms. The summed E-state index contributed by atoms with van der Waals surface area (Å²) < 4.78 is 11.0. The topological polar surface area (TPSA) is 81.7 Å². The SMILES string of the molecule is CC(C)[C@@H]1CC[C@@H](C)C[C@H]1OC(=O)c1ccccc1C(=O)OCC(=O)Nc1cc(Cl)ccc1Cl. The molecule has 1 aliphatic rings. The van der Waals surface area contributed by atoms with E-state index in [-0.39, 0.29) is 23.1 Å². The predicted molar refractivity (Wildman–Crippen MR) is 132 cm³/mol. The summed E-state index contributed by atoms with van der Waals surface area (Å²) in [5.74, 6) is -0.809. The first-order valence-corrected chi connectivity index (χ1v) is 12.1. The van der Waals surface area contributed by atoms with Crippen LogP contribution in [-0.2, 0) is 14.3 Å². The van der Waals surface area contributed by atoms with Crippen LogP contribution in [0.4, 0.5) is 5.69 Å². The lowest BCUT2D eigenvalue weighted by atomic mass is 9.75. The average molecular weight is 506 g/mol. The Morgan fingerprint density at radius 1 is 1.03 bits per heavy atom. The second-order valence-electron chi connectivity index (χ2n) is 9.06. The van der Waals surface area contributed by atoms with Gasteiger partial charge < -0.3 is 14.8 Å². The highest BCUT2D eigenvalue weighted by atomic mass is 35.5. The van der Waals surface area contributed by atoms with Crippen LogP contribution in [0.15, 0.2) is 42.5 Å². The molecule has 2 aromatic carbocycles. The van der Waals surface area contributed by atoms with Gasteiger partial charge in [-0.15, -0.1) is 0 Å². The van der Waals surface area contributed by atoms with Crippen molar-refractivity contribution in [3.63, 3.8) is 0 Å². The summed E-state index contributed by atoms with van der Waals surface area (Å²) in [7, 11) is 0. The number of carbonyl (C=O) groups excluding carboxylic acids is 3. The van der Waals surface area contributed by atoms with Crippen molar-refractivity contribution in [2.24, 2.45) is 17.8 Å². The first kappa shape index (κ1) is 26.0. The van der Waals surface area contributed by atoms with E-state index < -0.39 is 24.5 Å². The monoisotopic (exact) mass is 505 g/mol. The lowest BCUT2D eigenvalue weighted by molar-refractivity contribution is -0.119. The number of halogens is 2. The molecule has 0 saturated heterocycles. The molecule has 1 amide bonds. The fourth-order valence-electron chi connectivity index (χ4n) is 4.28. The molecule has 1 aliphatic carbocycles. The van der Waals surface area contributed by atoms with Crippen LogP contribution >= 0.6 is 23.2 Å². The van der Waals surface area contributed by atoms with Crippen molar-refractivity contribution in [1.82, 2.24) is 0 Å². The molecule has 0 bridgehead atoms. The van der Waals surface area contributed by atoms with E-state index in [2.05, 4.69) is 26.1 Å². The standard InChI is InChI=1S/C26H29Cl2NO5/c1-15(2)18-10-8-16(3)12-23(18)34-26(32)20-7-5-4-6-19(20)25(31)33-14-24(30)29-22-13-17(27)9-11-21(22)28/h4-7,9,11,13,15-16,18,23H,8,10,12,14H2,1-3H3,(H,29,30)/t16-,18+,23-/m1/s1. The number of amides is 1. The van der Waals surface area contributed by atoms with Gasteiger partial charge in [-0.1, -0.05) is 62.5 Å². The van der Waals surface area contributed by atoms with E-state index in [1.807, 2.05) is 0 Å². The first-order chi connectivity index (χ1) is 16.2.